The maximum absolute atomic E-state index is 13.2. The molecule has 0 aromatic heterocycles. The first-order chi connectivity index (χ1) is 17.9. The highest BCUT2D eigenvalue weighted by Gasteiger charge is 2.38. The molecule has 5 rings (SSSR count). The lowest BCUT2D eigenvalue weighted by molar-refractivity contribution is -0.135. The van der Waals surface area contributed by atoms with Crippen LogP contribution < -0.4 is 23.7 Å². The molecule has 3 aromatic carbocycles. The fourth-order valence-corrected chi connectivity index (χ4v) is 4.46. The predicted octanol–water partition coefficient (Wildman–Crippen LogP) is 5.72. The van der Waals surface area contributed by atoms with Crippen molar-refractivity contribution in [3.05, 3.63) is 94.8 Å². The number of fused-ring (bicyclic) bond motifs is 3. The summed E-state index contributed by atoms with van der Waals surface area (Å²) < 4.78 is 28.2. The monoisotopic (exact) mass is 498 g/mol. The summed E-state index contributed by atoms with van der Waals surface area (Å²) in [7, 11) is 3.16. The predicted molar refractivity (Wildman–Crippen MR) is 138 cm³/mol. The van der Waals surface area contributed by atoms with Gasteiger partial charge in [-0.05, 0) is 66.1 Å². The first-order valence-corrected chi connectivity index (χ1v) is 11.8. The van der Waals surface area contributed by atoms with Gasteiger partial charge in [-0.1, -0.05) is 24.8 Å². The van der Waals surface area contributed by atoms with E-state index in [1.165, 1.54) is 0 Å². The van der Waals surface area contributed by atoms with E-state index >= 15 is 0 Å². The quantitative estimate of drug-likeness (QED) is 0.178. The van der Waals surface area contributed by atoms with Gasteiger partial charge < -0.3 is 23.7 Å². The number of ketones is 1. The third kappa shape index (κ3) is 4.68. The zero-order valence-electron chi connectivity index (χ0n) is 20.8. The number of allylic oxidation sites excluding steroid dienone is 1. The van der Waals surface area contributed by atoms with Crippen LogP contribution in [0, 0.1) is 0 Å². The fourth-order valence-electron chi connectivity index (χ4n) is 4.46. The van der Waals surface area contributed by atoms with Crippen LogP contribution in [-0.4, -0.2) is 32.6 Å². The lowest BCUT2D eigenvalue weighted by atomic mass is 9.84. The number of methoxy groups -OCH3 is 2. The van der Waals surface area contributed by atoms with Crippen LogP contribution in [0.4, 0.5) is 0 Å². The number of ether oxygens (including phenoxy) is 5. The zero-order chi connectivity index (χ0) is 26.1. The average molecular weight is 499 g/mol. The molecule has 37 heavy (non-hydrogen) atoms. The van der Waals surface area contributed by atoms with Crippen molar-refractivity contribution >= 4 is 17.8 Å². The third-order valence-electron chi connectivity index (χ3n) is 6.26. The summed E-state index contributed by atoms with van der Waals surface area (Å²) in [6.45, 7) is 6.10. The van der Waals surface area contributed by atoms with Gasteiger partial charge in [-0.25, -0.2) is 0 Å². The summed E-state index contributed by atoms with van der Waals surface area (Å²) in [6.07, 6.45) is 1.78. The number of benzene rings is 3. The number of carbonyl (C=O) groups excluding carboxylic acids is 2. The van der Waals surface area contributed by atoms with Crippen molar-refractivity contribution in [1.82, 2.24) is 0 Å². The second kappa shape index (κ2) is 9.85. The third-order valence-corrected chi connectivity index (χ3v) is 6.26. The normalized spacial score (nSPS) is 16.9. The molecule has 7 heteroatoms. The van der Waals surface area contributed by atoms with Crippen molar-refractivity contribution in [2.75, 3.05) is 20.8 Å². The first-order valence-electron chi connectivity index (χ1n) is 11.8. The molecule has 1 unspecified atom stereocenters. The van der Waals surface area contributed by atoms with Crippen molar-refractivity contribution in [1.29, 1.82) is 0 Å². The van der Waals surface area contributed by atoms with Gasteiger partial charge in [0, 0.05) is 11.5 Å². The van der Waals surface area contributed by atoms with Crippen LogP contribution in [0.2, 0.25) is 0 Å². The number of carbonyl (C=O) groups is 2. The standard InChI is InChI=1S/C30H26O7/c1-17(2)16-35-23-11-7-19(14-25(23)34-4)22-15-27(31)36-24-12-10-21-29(32)26(37-30(21)28(22)24)13-18-5-8-20(33-3)9-6-18/h5-14,22H,1,15-16H2,2-4H3/b26-13-. The molecule has 0 aliphatic carbocycles. The van der Waals surface area contributed by atoms with Crippen LogP contribution in [0.5, 0.6) is 28.7 Å². The van der Waals surface area contributed by atoms with Crippen LogP contribution in [-0.2, 0) is 4.79 Å². The highest BCUT2D eigenvalue weighted by Crippen LogP contribution is 2.49. The van der Waals surface area contributed by atoms with Gasteiger partial charge in [0.2, 0.25) is 5.78 Å². The van der Waals surface area contributed by atoms with Gasteiger partial charge in [0.05, 0.1) is 26.2 Å². The average Bonchev–Trinajstić information content (AvgIpc) is 3.22. The molecule has 0 N–H and O–H groups in total. The maximum Gasteiger partial charge on any atom is 0.312 e. The number of hydrogen-bond acceptors (Lipinski definition) is 7. The van der Waals surface area contributed by atoms with Crippen molar-refractivity contribution in [2.24, 2.45) is 0 Å². The summed E-state index contributed by atoms with van der Waals surface area (Å²) in [5.74, 6) is 1.80. The second-order valence-corrected chi connectivity index (χ2v) is 8.95. The molecule has 2 aliphatic rings. The minimum atomic E-state index is -0.400. The van der Waals surface area contributed by atoms with Crippen LogP contribution >= 0.6 is 0 Å². The van der Waals surface area contributed by atoms with E-state index in [4.69, 9.17) is 23.7 Å². The minimum absolute atomic E-state index is 0.0909. The molecule has 0 spiro atoms. The highest BCUT2D eigenvalue weighted by atomic mass is 16.5. The lowest BCUT2D eigenvalue weighted by Gasteiger charge is -2.26. The summed E-state index contributed by atoms with van der Waals surface area (Å²) in [5, 5.41) is 0. The molecule has 3 aromatic rings. The Balaban J connectivity index is 1.53. The summed E-state index contributed by atoms with van der Waals surface area (Å²) in [5.41, 5.74) is 3.57. The van der Waals surface area contributed by atoms with E-state index in [-0.39, 0.29) is 23.9 Å². The number of hydrogen-bond donors (Lipinski definition) is 0. The Kier molecular flexibility index (Phi) is 6.44. The van der Waals surface area contributed by atoms with E-state index in [1.807, 2.05) is 43.3 Å². The van der Waals surface area contributed by atoms with Crippen LogP contribution in [0.25, 0.3) is 6.08 Å². The van der Waals surface area contributed by atoms with Gasteiger partial charge in [0.25, 0.3) is 0 Å². The molecular weight excluding hydrogens is 472 g/mol. The number of rotatable bonds is 7. The van der Waals surface area contributed by atoms with E-state index in [0.29, 0.717) is 46.5 Å². The maximum atomic E-state index is 13.2. The van der Waals surface area contributed by atoms with E-state index < -0.39 is 5.92 Å². The summed E-state index contributed by atoms with van der Waals surface area (Å²) in [4.78, 5) is 25.7. The van der Waals surface area contributed by atoms with Gasteiger partial charge in [0.1, 0.15) is 23.9 Å². The molecular formula is C30H26O7. The summed E-state index contributed by atoms with van der Waals surface area (Å²) in [6, 6.07) is 16.1. The topological polar surface area (TPSA) is 80.3 Å². The molecule has 7 nitrogen and oxygen atoms in total. The van der Waals surface area contributed by atoms with Crippen LogP contribution in [0.15, 0.2) is 72.5 Å². The number of Topliss-reactive ketones (excluding diaryl/α,β-unsaturated/α-hetero) is 1. The van der Waals surface area contributed by atoms with Gasteiger partial charge in [-0.3, -0.25) is 9.59 Å². The van der Waals surface area contributed by atoms with Gasteiger partial charge in [0.15, 0.2) is 17.3 Å². The highest BCUT2D eigenvalue weighted by molar-refractivity contribution is 6.15. The fraction of sp³-hybridized carbons (Fsp3) is 0.200. The molecule has 0 fully saturated rings. The van der Waals surface area contributed by atoms with Crippen molar-refractivity contribution in [3.8, 4) is 28.7 Å². The summed E-state index contributed by atoms with van der Waals surface area (Å²) >= 11 is 0. The molecule has 0 saturated heterocycles. The Morgan fingerprint density at radius 3 is 2.49 bits per heavy atom. The molecule has 2 aliphatic heterocycles. The van der Waals surface area contributed by atoms with Crippen LogP contribution in [0.1, 0.15) is 46.3 Å². The first kappa shape index (κ1) is 24.2. The molecule has 188 valence electrons. The van der Waals surface area contributed by atoms with Crippen LogP contribution in [0.3, 0.4) is 0 Å². The molecule has 1 atom stereocenters. The van der Waals surface area contributed by atoms with Crippen molar-refractivity contribution in [2.45, 2.75) is 19.3 Å². The second-order valence-electron chi connectivity index (χ2n) is 8.95. The van der Waals surface area contributed by atoms with Gasteiger partial charge in [-0.15, -0.1) is 0 Å². The Hall–Kier alpha value is -4.52. The Morgan fingerprint density at radius 2 is 1.78 bits per heavy atom. The lowest BCUT2D eigenvalue weighted by Crippen LogP contribution is -2.21. The van der Waals surface area contributed by atoms with E-state index in [2.05, 4.69) is 6.58 Å². The molecule has 0 bridgehead atoms. The molecule has 0 radical (unpaired) electrons. The Bertz CT molecular complexity index is 1430. The van der Waals surface area contributed by atoms with Gasteiger partial charge in [-0.2, -0.15) is 0 Å². The largest absolute Gasteiger partial charge is 0.497 e. The molecule has 2 heterocycles. The van der Waals surface area contributed by atoms with E-state index in [1.54, 1.807) is 38.5 Å². The smallest absolute Gasteiger partial charge is 0.312 e. The van der Waals surface area contributed by atoms with Gasteiger partial charge >= 0.3 is 5.97 Å². The van der Waals surface area contributed by atoms with Crippen molar-refractivity contribution < 1.29 is 33.3 Å². The van der Waals surface area contributed by atoms with Crippen molar-refractivity contribution in [3.63, 3.8) is 0 Å². The Labute approximate surface area is 214 Å². The van der Waals surface area contributed by atoms with E-state index in [0.717, 1.165) is 16.7 Å². The molecule has 0 saturated carbocycles. The van der Waals surface area contributed by atoms with E-state index in [9.17, 15) is 9.59 Å². The SMILES string of the molecule is C=C(C)COc1ccc(C2CC(=O)Oc3ccc4c(c32)O/C(=C\c2ccc(OC)cc2)C4=O)cc1OC. The Morgan fingerprint density at radius 1 is 1.00 bits per heavy atom. The minimum Gasteiger partial charge on any atom is -0.497 e. The zero-order valence-corrected chi connectivity index (χ0v) is 20.8. The molecule has 0 amide bonds. The number of esters is 1.